The largest absolute Gasteiger partial charge is 0.390 e. The van der Waals surface area contributed by atoms with Crippen LogP contribution in [-0.2, 0) is 0 Å². The van der Waals surface area contributed by atoms with E-state index in [9.17, 15) is 5.11 Å². The Bertz CT molecular complexity index is 162. The molecule has 0 aliphatic heterocycles. The van der Waals surface area contributed by atoms with Crippen LogP contribution in [0.3, 0.4) is 0 Å². The fraction of sp³-hybridized carbons (Fsp3) is 0.800. The molecule has 1 rings (SSSR count). The zero-order valence-corrected chi connectivity index (χ0v) is 7.72. The van der Waals surface area contributed by atoms with Crippen molar-refractivity contribution in [2.24, 2.45) is 5.92 Å². The van der Waals surface area contributed by atoms with Crippen molar-refractivity contribution < 1.29 is 5.11 Å². The van der Waals surface area contributed by atoms with E-state index in [2.05, 4.69) is 13.0 Å². The molecular weight excluding hydrogens is 136 g/mol. The van der Waals surface area contributed by atoms with E-state index in [0.29, 0.717) is 5.92 Å². The quantitative estimate of drug-likeness (QED) is 0.575. The van der Waals surface area contributed by atoms with Gasteiger partial charge in [-0.2, -0.15) is 0 Å². The first kappa shape index (κ1) is 8.79. The van der Waals surface area contributed by atoms with Crippen LogP contribution in [-0.4, -0.2) is 10.7 Å². The standard InChI is InChI=1S/C10H18O/c1-8-4-6-9(7-5-8)10(2,3)11/h4,9,11H,5-7H2,1-3H3/t9-/m1/s1. The molecule has 1 aliphatic carbocycles. The zero-order chi connectivity index (χ0) is 8.48. The Hall–Kier alpha value is -0.300. The van der Waals surface area contributed by atoms with Crippen molar-refractivity contribution in [2.45, 2.75) is 45.6 Å². The molecule has 0 amide bonds. The monoisotopic (exact) mass is 154 g/mol. The van der Waals surface area contributed by atoms with E-state index in [1.807, 2.05) is 13.8 Å². The lowest BCUT2D eigenvalue weighted by Crippen LogP contribution is -2.31. The van der Waals surface area contributed by atoms with Crippen molar-refractivity contribution in [1.29, 1.82) is 0 Å². The maximum Gasteiger partial charge on any atom is 0.0622 e. The second kappa shape index (κ2) is 2.98. The van der Waals surface area contributed by atoms with Crippen LogP contribution in [0.5, 0.6) is 0 Å². The van der Waals surface area contributed by atoms with Crippen LogP contribution in [0, 0.1) is 5.92 Å². The Kier molecular flexibility index (Phi) is 2.38. The Balaban J connectivity index is 2.54. The van der Waals surface area contributed by atoms with E-state index in [0.717, 1.165) is 19.3 Å². The van der Waals surface area contributed by atoms with Crippen molar-refractivity contribution in [3.05, 3.63) is 11.6 Å². The van der Waals surface area contributed by atoms with Crippen LogP contribution in [0.2, 0.25) is 0 Å². The van der Waals surface area contributed by atoms with Crippen molar-refractivity contribution in [2.75, 3.05) is 0 Å². The van der Waals surface area contributed by atoms with Gasteiger partial charge in [0.1, 0.15) is 0 Å². The third-order valence-electron chi connectivity index (χ3n) is 2.64. The summed E-state index contributed by atoms with van der Waals surface area (Å²) in [6.45, 7) is 5.99. The fourth-order valence-electron chi connectivity index (χ4n) is 1.61. The highest BCUT2D eigenvalue weighted by molar-refractivity contribution is 5.04. The van der Waals surface area contributed by atoms with Gasteiger partial charge >= 0.3 is 0 Å². The summed E-state index contributed by atoms with van der Waals surface area (Å²) in [4.78, 5) is 0. The average Bonchev–Trinajstić information content (AvgIpc) is 1.86. The highest BCUT2D eigenvalue weighted by Gasteiger charge is 2.27. The molecule has 1 aliphatic rings. The molecule has 0 spiro atoms. The number of allylic oxidation sites excluding steroid dienone is 2. The van der Waals surface area contributed by atoms with E-state index >= 15 is 0 Å². The summed E-state index contributed by atoms with van der Waals surface area (Å²) < 4.78 is 0. The number of aliphatic hydroxyl groups is 1. The fourth-order valence-corrected chi connectivity index (χ4v) is 1.61. The molecule has 0 radical (unpaired) electrons. The third kappa shape index (κ3) is 2.33. The van der Waals surface area contributed by atoms with E-state index < -0.39 is 5.60 Å². The van der Waals surface area contributed by atoms with Crippen LogP contribution >= 0.6 is 0 Å². The molecule has 1 nitrogen and oxygen atoms in total. The maximum absolute atomic E-state index is 9.70. The lowest BCUT2D eigenvalue weighted by Gasteiger charge is -2.31. The molecule has 1 atom stereocenters. The van der Waals surface area contributed by atoms with Crippen molar-refractivity contribution in [3.63, 3.8) is 0 Å². The Labute approximate surface area is 69.1 Å². The van der Waals surface area contributed by atoms with Crippen LogP contribution in [0.1, 0.15) is 40.0 Å². The van der Waals surface area contributed by atoms with Gasteiger partial charge < -0.3 is 5.11 Å². The number of hydrogen-bond donors (Lipinski definition) is 1. The minimum Gasteiger partial charge on any atom is -0.390 e. The minimum absolute atomic E-state index is 0.464. The molecule has 1 heteroatoms. The second-order valence-electron chi connectivity index (χ2n) is 4.18. The summed E-state index contributed by atoms with van der Waals surface area (Å²) in [5.74, 6) is 0.464. The summed E-state index contributed by atoms with van der Waals surface area (Å²) in [7, 11) is 0. The number of hydrogen-bond acceptors (Lipinski definition) is 1. The predicted octanol–water partition coefficient (Wildman–Crippen LogP) is 2.50. The Morgan fingerprint density at radius 1 is 1.55 bits per heavy atom. The highest BCUT2D eigenvalue weighted by Crippen LogP contribution is 2.31. The number of rotatable bonds is 1. The van der Waals surface area contributed by atoms with Crippen LogP contribution in [0.4, 0.5) is 0 Å². The highest BCUT2D eigenvalue weighted by atomic mass is 16.3. The molecule has 0 saturated heterocycles. The molecule has 0 unspecified atom stereocenters. The van der Waals surface area contributed by atoms with Gasteiger partial charge in [0.25, 0.3) is 0 Å². The molecular formula is C10H18O. The Morgan fingerprint density at radius 3 is 2.55 bits per heavy atom. The predicted molar refractivity (Wildman–Crippen MR) is 47.4 cm³/mol. The topological polar surface area (TPSA) is 20.2 Å². The lowest BCUT2D eigenvalue weighted by molar-refractivity contribution is 0.0126. The Morgan fingerprint density at radius 2 is 2.18 bits per heavy atom. The van der Waals surface area contributed by atoms with Gasteiger partial charge in [-0.15, -0.1) is 0 Å². The van der Waals surface area contributed by atoms with E-state index in [1.165, 1.54) is 5.57 Å². The van der Waals surface area contributed by atoms with E-state index in [4.69, 9.17) is 0 Å². The first-order valence-corrected chi connectivity index (χ1v) is 4.38. The second-order valence-corrected chi connectivity index (χ2v) is 4.18. The van der Waals surface area contributed by atoms with Gasteiger partial charge in [0.05, 0.1) is 5.60 Å². The van der Waals surface area contributed by atoms with Crippen molar-refractivity contribution in [3.8, 4) is 0 Å². The summed E-state index contributed by atoms with van der Waals surface area (Å²) >= 11 is 0. The lowest BCUT2D eigenvalue weighted by atomic mass is 9.80. The van der Waals surface area contributed by atoms with Crippen LogP contribution in [0.25, 0.3) is 0 Å². The van der Waals surface area contributed by atoms with Gasteiger partial charge in [-0.3, -0.25) is 0 Å². The van der Waals surface area contributed by atoms with Crippen molar-refractivity contribution in [1.82, 2.24) is 0 Å². The SMILES string of the molecule is CC1=CC[C@@H](C(C)(C)O)CC1. The first-order valence-electron chi connectivity index (χ1n) is 4.38. The molecule has 64 valence electrons. The van der Waals surface area contributed by atoms with Crippen LogP contribution in [0.15, 0.2) is 11.6 Å². The van der Waals surface area contributed by atoms with Gasteiger partial charge in [-0.25, -0.2) is 0 Å². The minimum atomic E-state index is -0.489. The molecule has 0 aromatic rings. The summed E-state index contributed by atoms with van der Waals surface area (Å²) in [5, 5.41) is 9.70. The van der Waals surface area contributed by atoms with Crippen molar-refractivity contribution >= 4 is 0 Å². The molecule has 0 fully saturated rings. The molecule has 0 saturated carbocycles. The summed E-state index contributed by atoms with van der Waals surface area (Å²) in [6, 6.07) is 0. The average molecular weight is 154 g/mol. The maximum atomic E-state index is 9.70. The van der Waals surface area contributed by atoms with Gasteiger partial charge in [0, 0.05) is 0 Å². The van der Waals surface area contributed by atoms with Gasteiger partial charge in [-0.1, -0.05) is 11.6 Å². The normalized spacial score (nSPS) is 26.5. The smallest absolute Gasteiger partial charge is 0.0622 e. The molecule has 0 heterocycles. The zero-order valence-electron chi connectivity index (χ0n) is 7.72. The molecule has 0 bridgehead atoms. The first-order chi connectivity index (χ1) is 5.00. The van der Waals surface area contributed by atoms with E-state index in [-0.39, 0.29) is 0 Å². The summed E-state index contributed by atoms with van der Waals surface area (Å²) in [5.41, 5.74) is 0.988. The summed E-state index contributed by atoms with van der Waals surface area (Å²) in [6.07, 6.45) is 5.61. The third-order valence-corrected chi connectivity index (χ3v) is 2.64. The van der Waals surface area contributed by atoms with Gasteiger partial charge in [0.15, 0.2) is 0 Å². The molecule has 0 aromatic carbocycles. The van der Waals surface area contributed by atoms with Gasteiger partial charge in [-0.05, 0) is 46.0 Å². The molecule has 1 N–H and O–H groups in total. The van der Waals surface area contributed by atoms with Gasteiger partial charge in [0.2, 0.25) is 0 Å². The molecule has 0 aromatic heterocycles. The molecule has 11 heavy (non-hydrogen) atoms. The van der Waals surface area contributed by atoms with Crippen LogP contribution < -0.4 is 0 Å². The van der Waals surface area contributed by atoms with E-state index in [1.54, 1.807) is 0 Å².